The van der Waals surface area contributed by atoms with Crippen LogP contribution in [0.25, 0.3) is 0 Å². The van der Waals surface area contributed by atoms with Crippen LogP contribution in [0.2, 0.25) is 0 Å². The lowest BCUT2D eigenvalue weighted by Gasteiger charge is -2.11. The van der Waals surface area contributed by atoms with Crippen LogP contribution in [0.5, 0.6) is 0 Å². The van der Waals surface area contributed by atoms with Crippen LogP contribution >= 0.6 is 34.4 Å². The Balaban J connectivity index is 1.55. The number of nitrogens with one attached hydrogen (secondary N) is 2. The van der Waals surface area contributed by atoms with Crippen LogP contribution in [0, 0.1) is 6.92 Å². The zero-order chi connectivity index (χ0) is 14.8. The molecule has 1 aliphatic heterocycles. The third kappa shape index (κ3) is 3.66. The number of fused-ring (bicyclic) bond motifs is 1. The molecular formula is C14H17N3OS3. The molecule has 0 spiro atoms. The molecule has 1 unspecified atom stereocenters. The van der Waals surface area contributed by atoms with Crippen molar-refractivity contribution in [2.24, 2.45) is 0 Å². The van der Waals surface area contributed by atoms with Gasteiger partial charge in [0.05, 0.1) is 26.4 Å². The lowest BCUT2D eigenvalue weighted by atomic mass is 10.2. The molecule has 3 heterocycles. The number of hydrogen-bond acceptors (Lipinski definition) is 6. The Labute approximate surface area is 136 Å². The molecule has 0 aliphatic carbocycles. The zero-order valence-corrected chi connectivity index (χ0v) is 14.4. The van der Waals surface area contributed by atoms with E-state index >= 15 is 0 Å². The third-order valence-corrected chi connectivity index (χ3v) is 6.68. The number of hydrogen-bond donors (Lipinski definition) is 2. The maximum Gasteiger partial charge on any atom is 0.234 e. The topological polar surface area (TPSA) is 54.0 Å². The molecule has 0 bridgehead atoms. The van der Waals surface area contributed by atoms with E-state index in [1.54, 1.807) is 34.4 Å². The Morgan fingerprint density at radius 1 is 1.52 bits per heavy atom. The van der Waals surface area contributed by atoms with Crippen molar-refractivity contribution in [3.05, 3.63) is 27.0 Å². The summed E-state index contributed by atoms with van der Waals surface area (Å²) in [5.74, 6) is 0.620. The Bertz CT molecular complexity index is 650. The van der Waals surface area contributed by atoms with Crippen LogP contribution in [0.1, 0.15) is 28.5 Å². The van der Waals surface area contributed by atoms with Crippen molar-refractivity contribution >= 4 is 46.0 Å². The first kappa shape index (κ1) is 15.0. The molecule has 0 saturated carbocycles. The molecule has 2 aromatic rings. The van der Waals surface area contributed by atoms with E-state index in [9.17, 15) is 4.79 Å². The van der Waals surface area contributed by atoms with Crippen LogP contribution in [0.4, 0.5) is 5.69 Å². The van der Waals surface area contributed by atoms with Gasteiger partial charge in [-0.1, -0.05) is 0 Å². The van der Waals surface area contributed by atoms with Gasteiger partial charge < -0.3 is 10.6 Å². The van der Waals surface area contributed by atoms with Gasteiger partial charge >= 0.3 is 0 Å². The van der Waals surface area contributed by atoms with Crippen molar-refractivity contribution in [3.63, 3.8) is 0 Å². The SMILES string of the molecule is Cc1nc(CCNC(C)c2cc3c(s2)SCC(=O)N3)cs1. The normalized spacial score (nSPS) is 15.6. The summed E-state index contributed by atoms with van der Waals surface area (Å²) >= 11 is 5.09. The fourth-order valence-electron chi connectivity index (χ4n) is 2.16. The molecule has 1 atom stereocenters. The van der Waals surface area contributed by atoms with Gasteiger partial charge in [-0.3, -0.25) is 4.79 Å². The zero-order valence-electron chi connectivity index (χ0n) is 11.9. The van der Waals surface area contributed by atoms with E-state index in [-0.39, 0.29) is 11.9 Å². The molecule has 112 valence electrons. The maximum atomic E-state index is 11.4. The number of carbonyl (C=O) groups excluding carboxylic acids is 1. The highest BCUT2D eigenvalue weighted by atomic mass is 32.2. The van der Waals surface area contributed by atoms with Crippen molar-refractivity contribution in [1.82, 2.24) is 10.3 Å². The molecule has 2 N–H and O–H groups in total. The Morgan fingerprint density at radius 3 is 3.14 bits per heavy atom. The molecule has 1 aliphatic rings. The van der Waals surface area contributed by atoms with Gasteiger partial charge in [0.15, 0.2) is 0 Å². The molecule has 0 saturated heterocycles. The first-order valence-corrected chi connectivity index (χ1v) is 9.51. The Hall–Kier alpha value is -0.890. The smallest absolute Gasteiger partial charge is 0.234 e. The van der Waals surface area contributed by atoms with Gasteiger partial charge in [-0.15, -0.1) is 34.4 Å². The number of aryl methyl sites for hydroxylation is 1. The fraction of sp³-hybridized carbons (Fsp3) is 0.429. The lowest BCUT2D eigenvalue weighted by Crippen LogP contribution is -2.20. The molecule has 2 aromatic heterocycles. The average molecular weight is 340 g/mol. The standard InChI is InChI=1S/C14H17N3OS3/c1-8(15-4-3-10-6-19-9(2)16-10)12-5-11-14(21-12)20-7-13(18)17-11/h5-6,8,15H,3-4,7H2,1-2H3,(H,17,18). The number of anilines is 1. The Kier molecular flexibility index (Phi) is 4.63. The fourth-order valence-corrected chi connectivity index (χ4v) is 4.98. The second-order valence-corrected chi connectivity index (χ2v) is 8.36. The number of rotatable bonds is 5. The number of aromatic nitrogens is 1. The minimum absolute atomic E-state index is 0.0939. The van der Waals surface area contributed by atoms with E-state index in [1.807, 2.05) is 6.92 Å². The van der Waals surface area contributed by atoms with Gasteiger partial charge in [0, 0.05) is 29.3 Å². The maximum absolute atomic E-state index is 11.4. The minimum atomic E-state index is 0.0939. The van der Waals surface area contributed by atoms with E-state index in [1.165, 1.54) is 9.09 Å². The van der Waals surface area contributed by atoms with Crippen LogP contribution in [-0.4, -0.2) is 23.2 Å². The number of nitrogens with zero attached hydrogens (tertiary/aromatic N) is 1. The van der Waals surface area contributed by atoms with Gasteiger partial charge in [0.2, 0.25) is 5.91 Å². The highest BCUT2D eigenvalue weighted by Gasteiger charge is 2.20. The summed E-state index contributed by atoms with van der Waals surface area (Å²) in [6.07, 6.45) is 0.950. The predicted octanol–water partition coefficient (Wildman–Crippen LogP) is 3.45. The van der Waals surface area contributed by atoms with Gasteiger partial charge in [-0.2, -0.15) is 0 Å². The van der Waals surface area contributed by atoms with E-state index < -0.39 is 0 Å². The molecule has 0 radical (unpaired) electrons. The van der Waals surface area contributed by atoms with Crippen LogP contribution in [0.3, 0.4) is 0 Å². The summed E-state index contributed by atoms with van der Waals surface area (Å²) in [4.78, 5) is 17.1. The van der Waals surface area contributed by atoms with Crippen molar-refractivity contribution < 1.29 is 4.79 Å². The quantitative estimate of drug-likeness (QED) is 0.876. The van der Waals surface area contributed by atoms with Gasteiger partial charge in [0.1, 0.15) is 0 Å². The molecule has 0 aromatic carbocycles. The lowest BCUT2D eigenvalue weighted by molar-refractivity contribution is -0.113. The van der Waals surface area contributed by atoms with Gasteiger partial charge in [-0.25, -0.2) is 4.98 Å². The van der Waals surface area contributed by atoms with E-state index in [2.05, 4.69) is 34.0 Å². The van der Waals surface area contributed by atoms with E-state index in [4.69, 9.17) is 0 Å². The number of amides is 1. The van der Waals surface area contributed by atoms with E-state index in [0.29, 0.717) is 5.75 Å². The van der Waals surface area contributed by atoms with Crippen LogP contribution < -0.4 is 10.6 Å². The van der Waals surface area contributed by atoms with Crippen molar-refractivity contribution in [2.45, 2.75) is 30.5 Å². The first-order valence-electron chi connectivity index (χ1n) is 6.82. The summed E-state index contributed by atoms with van der Waals surface area (Å²) < 4.78 is 1.22. The summed E-state index contributed by atoms with van der Waals surface area (Å²) in [5, 5.41) is 9.71. The van der Waals surface area contributed by atoms with Crippen molar-refractivity contribution in [3.8, 4) is 0 Å². The summed E-state index contributed by atoms with van der Waals surface area (Å²) in [5.41, 5.74) is 2.13. The second-order valence-electron chi connectivity index (χ2n) is 4.97. The molecule has 21 heavy (non-hydrogen) atoms. The number of thiophene rings is 1. The van der Waals surface area contributed by atoms with Gasteiger partial charge in [-0.05, 0) is 19.9 Å². The average Bonchev–Trinajstić information content (AvgIpc) is 3.04. The summed E-state index contributed by atoms with van der Waals surface area (Å²) in [6, 6.07) is 2.38. The monoisotopic (exact) mass is 339 g/mol. The van der Waals surface area contributed by atoms with E-state index in [0.717, 1.165) is 29.4 Å². The van der Waals surface area contributed by atoms with Crippen LogP contribution in [0.15, 0.2) is 15.7 Å². The number of thioether (sulfide) groups is 1. The largest absolute Gasteiger partial charge is 0.324 e. The second kappa shape index (κ2) is 6.48. The highest BCUT2D eigenvalue weighted by Crippen LogP contribution is 2.40. The molecule has 7 heteroatoms. The number of thiazole rings is 1. The molecule has 3 rings (SSSR count). The first-order chi connectivity index (χ1) is 10.1. The molecular weight excluding hydrogens is 322 g/mol. The molecule has 1 amide bonds. The third-order valence-electron chi connectivity index (χ3n) is 3.25. The molecule has 0 fully saturated rings. The van der Waals surface area contributed by atoms with Gasteiger partial charge in [0.25, 0.3) is 0 Å². The Morgan fingerprint density at radius 2 is 2.38 bits per heavy atom. The van der Waals surface area contributed by atoms with Crippen molar-refractivity contribution in [2.75, 3.05) is 17.6 Å². The predicted molar refractivity (Wildman–Crippen MR) is 90.6 cm³/mol. The summed E-state index contributed by atoms with van der Waals surface area (Å²) in [7, 11) is 0. The molecule has 4 nitrogen and oxygen atoms in total. The van der Waals surface area contributed by atoms with Crippen molar-refractivity contribution in [1.29, 1.82) is 0 Å². The number of carbonyl (C=O) groups is 1. The van der Waals surface area contributed by atoms with Crippen LogP contribution in [-0.2, 0) is 11.2 Å². The minimum Gasteiger partial charge on any atom is -0.324 e. The highest BCUT2D eigenvalue weighted by molar-refractivity contribution is 8.02. The summed E-state index contributed by atoms with van der Waals surface area (Å²) in [6.45, 7) is 5.11.